The standard InChI is InChI=1S/C20H25N5OS/c1-12(2)25-19-16(11-22-25)15(20(26)24(4)14-7-8-21-10-14)9-17(23-19)18-6-5-13(3)27-18/h5-6,9,11-12,14,21H,7-8,10H2,1-4H3. The van der Waals surface area contributed by atoms with Crippen LogP contribution >= 0.6 is 11.3 Å². The molecule has 142 valence electrons. The number of aryl methyl sites for hydroxylation is 1. The molecule has 4 rings (SSSR count). The van der Waals surface area contributed by atoms with Gasteiger partial charge in [-0.1, -0.05) is 0 Å². The summed E-state index contributed by atoms with van der Waals surface area (Å²) in [6, 6.07) is 6.50. The minimum Gasteiger partial charge on any atom is -0.337 e. The van der Waals surface area contributed by atoms with Gasteiger partial charge in [0.15, 0.2) is 5.65 Å². The summed E-state index contributed by atoms with van der Waals surface area (Å²) < 4.78 is 1.90. The molecule has 6 nitrogen and oxygen atoms in total. The maximum atomic E-state index is 13.4. The molecule has 1 fully saturated rings. The van der Waals surface area contributed by atoms with E-state index >= 15 is 0 Å². The third-order valence-electron chi connectivity index (χ3n) is 5.18. The van der Waals surface area contributed by atoms with Crippen LogP contribution in [0, 0.1) is 6.92 Å². The monoisotopic (exact) mass is 383 g/mol. The fourth-order valence-corrected chi connectivity index (χ4v) is 4.43. The van der Waals surface area contributed by atoms with Crippen LogP contribution in [0.5, 0.6) is 0 Å². The number of fused-ring (bicyclic) bond motifs is 1. The first kappa shape index (κ1) is 18.1. The van der Waals surface area contributed by atoms with E-state index in [0.717, 1.165) is 41.1 Å². The number of amides is 1. The van der Waals surface area contributed by atoms with Crippen LogP contribution in [0.2, 0.25) is 0 Å². The summed E-state index contributed by atoms with van der Waals surface area (Å²) in [4.78, 5) is 22.4. The highest BCUT2D eigenvalue weighted by molar-refractivity contribution is 7.15. The number of carbonyl (C=O) groups excluding carboxylic acids is 1. The van der Waals surface area contributed by atoms with Gasteiger partial charge in [-0.3, -0.25) is 4.79 Å². The fourth-order valence-electron chi connectivity index (χ4n) is 3.60. The molecular weight excluding hydrogens is 358 g/mol. The van der Waals surface area contributed by atoms with Gasteiger partial charge in [-0.15, -0.1) is 11.3 Å². The first-order chi connectivity index (χ1) is 13.0. The summed E-state index contributed by atoms with van der Waals surface area (Å²) in [6.45, 7) is 8.04. The second kappa shape index (κ2) is 7.05. The zero-order valence-corrected chi connectivity index (χ0v) is 17.0. The lowest BCUT2D eigenvalue weighted by molar-refractivity contribution is 0.0745. The van der Waals surface area contributed by atoms with E-state index in [0.29, 0.717) is 5.56 Å². The molecule has 0 saturated carbocycles. The SMILES string of the molecule is Cc1ccc(-c2cc(C(=O)N(C)C3CCNC3)c3cnn(C(C)C)c3n2)s1. The maximum Gasteiger partial charge on any atom is 0.254 e. The second-order valence-electron chi connectivity index (χ2n) is 7.45. The quantitative estimate of drug-likeness (QED) is 0.749. The molecule has 3 aromatic rings. The minimum absolute atomic E-state index is 0.0361. The van der Waals surface area contributed by atoms with Crippen LogP contribution in [0.1, 0.15) is 41.5 Å². The van der Waals surface area contributed by atoms with Crippen molar-refractivity contribution < 1.29 is 4.79 Å². The molecule has 7 heteroatoms. The van der Waals surface area contributed by atoms with E-state index in [1.807, 2.05) is 22.7 Å². The Bertz CT molecular complexity index is 984. The van der Waals surface area contributed by atoms with Crippen molar-refractivity contribution in [1.29, 1.82) is 0 Å². The van der Waals surface area contributed by atoms with E-state index in [1.165, 1.54) is 4.88 Å². The Morgan fingerprint density at radius 1 is 1.41 bits per heavy atom. The normalized spacial score (nSPS) is 17.1. The molecule has 3 aromatic heterocycles. The van der Waals surface area contributed by atoms with Crippen LogP contribution in [0.25, 0.3) is 21.6 Å². The van der Waals surface area contributed by atoms with E-state index in [9.17, 15) is 4.79 Å². The molecule has 1 N–H and O–H groups in total. The Morgan fingerprint density at radius 2 is 2.22 bits per heavy atom. The Balaban J connectivity index is 1.86. The van der Waals surface area contributed by atoms with Crippen molar-refractivity contribution in [2.24, 2.45) is 0 Å². The second-order valence-corrected chi connectivity index (χ2v) is 8.74. The van der Waals surface area contributed by atoms with Gasteiger partial charge in [-0.05, 0) is 51.9 Å². The zero-order valence-electron chi connectivity index (χ0n) is 16.2. The molecule has 0 aromatic carbocycles. The molecule has 1 saturated heterocycles. The van der Waals surface area contributed by atoms with Gasteiger partial charge in [0, 0.05) is 30.6 Å². The number of likely N-dealkylation sites (N-methyl/N-ethyl adjacent to an activating group) is 1. The largest absolute Gasteiger partial charge is 0.337 e. The van der Waals surface area contributed by atoms with Gasteiger partial charge >= 0.3 is 0 Å². The van der Waals surface area contributed by atoms with Crippen molar-refractivity contribution in [3.05, 3.63) is 34.8 Å². The summed E-state index contributed by atoms with van der Waals surface area (Å²) >= 11 is 1.69. The number of thiophene rings is 1. The lowest BCUT2D eigenvalue weighted by Gasteiger charge is -2.24. The number of rotatable bonds is 4. The predicted octanol–water partition coefficient (Wildman–Crippen LogP) is 3.48. The summed E-state index contributed by atoms with van der Waals surface area (Å²) in [5.74, 6) is 0.0361. The zero-order chi connectivity index (χ0) is 19.1. The molecule has 1 aliphatic heterocycles. The van der Waals surface area contributed by atoms with Crippen LogP contribution in [0.3, 0.4) is 0 Å². The number of carbonyl (C=O) groups is 1. The summed E-state index contributed by atoms with van der Waals surface area (Å²) in [7, 11) is 1.90. The van der Waals surface area contributed by atoms with E-state index in [4.69, 9.17) is 4.98 Å². The molecule has 1 amide bonds. The van der Waals surface area contributed by atoms with Gasteiger partial charge in [-0.2, -0.15) is 5.10 Å². The third kappa shape index (κ3) is 3.26. The van der Waals surface area contributed by atoms with Crippen LogP contribution < -0.4 is 5.32 Å². The molecule has 1 atom stereocenters. The van der Waals surface area contributed by atoms with Gasteiger partial charge in [0.05, 0.1) is 27.7 Å². The highest BCUT2D eigenvalue weighted by Crippen LogP contribution is 2.31. The van der Waals surface area contributed by atoms with Crippen molar-refractivity contribution >= 4 is 28.3 Å². The Kier molecular flexibility index (Phi) is 4.74. The molecule has 27 heavy (non-hydrogen) atoms. The average Bonchev–Trinajstić information content (AvgIpc) is 3.39. The number of nitrogens with zero attached hydrogens (tertiary/aromatic N) is 4. The smallest absolute Gasteiger partial charge is 0.254 e. The van der Waals surface area contributed by atoms with Gasteiger partial charge in [0.25, 0.3) is 5.91 Å². The summed E-state index contributed by atoms with van der Waals surface area (Å²) in [6.07, 6.45) is 2.76. The highest BCUT2D eigenvalue weighted by atomic mass is 32.1. The number of aromatic nitrogens is 3. The fraction of sp³-hybridized carbons (Fsp3) is 0.450. The molecule has 0 radical (unpaired) electrons. The average molecular weight is 384 g/mol. The number of hydrogen-bond acceptors (Lipinski definition) is 5. The molecule has 0 bridgehead atoms. The topological polar surface area (TPSA) is 63.1 Å². The van der Waals surface area contributed by atoms with Gasteiger partial charge in [0.2, 0.25) is 0 Å². The van der Waals surface area contributed by atoms with E-state index < -0.39 is 0 Å². The summed E-state index contributed by atoms with van der Waals surface area (Å²) in [5, 5.41) is 8.67. The van der Waals surface area contributed by atoms with Crippen LogP contribution in [-0.4, -0.2) is 51.8 Å². The Labute approximate surface area is 163 Å². The molecular formula is C20H25N5OS. The Hall–Kier alpha value is -2.25. The van der Waals surface area contributed by atoms with Crippen LogP contribution in [-0.2, 0) is 0 Å². The van der Waals surface area contributed by atoms with Crippen LogP contribution in [0.15, 0.2) is 24.4 Å². The van der Waals surface area contributed by atoms with Crippen molar-refractivity contribution in [3.8, 4) is 10.6 Å². The third-order valence-corrected chi connectivity index (χ3v) is 6.20. The predicted molar refractivity (Wildman–Crippen MR) is 109 cm³/mol. The van der Waals surface area contributed by atoms with Gasteiger partial charge in [-0.25, -0.2) is 9.67 Å². The number of hydrogen-bond donors (Lipinski definition) is 1. The summed E-state index contributed by atoms with van der Waals surface area (Å²) in [5.41, 5.74) is 2.29. The van der Waals surface area contributed by atoms with Crippen molar-refractivity contribution in [1.82, 2.24) is 25.0 Å². The first-order valence-corrected chi connectivity index (χ1v) is 10.2. The molecule has 1 unspecified atom stereocenters. The number of nitrogens with one attached hydrogen (secondary N) is 1. The van der Waals surface area contributed by atoms with E-state index in [-0.39, 0.29) is 18.0 Å². The molecule has 0 aliphatic carbocycles. The van der Waals surface area contributed by atoms with Gasteiger partial charge < -0.3 is 10.2 Å². The van der Waals surface area contributed by atoms with E-state index in [2.05, 4.69) is 43.3 Å². The van der Waals surface area contributed by atoms with Crippen molar-refractivity contribution in [2.75, 3.05) is 20.1 Å². The first-order valence-electron chi connectivity index (χ1n) is 9.38. The molecule has 1 aliphatic rings. The van der Waals surface area contributed by atoms with Gasteiger partial charge in [0.1, 0.15) is 0 Å². The number of pyridine rings is 1. The maximum absolute atomic E-state index is 13.4. The van der Waals surface area contributed by atoms with E-state index in [1.54, 1.807) is 17.5 Å². The lowest BCUT2D eigenvalue weighted by atomic mass is 10.1. The minimum atomic E-state index is 0.0361. The lowest BCUT2D eigenvalue weighted by Crippen LogP contribution is -2.38. The molecule has 0 spiro atoms. The van der Waals surface area contributed by atoms with Crippen LogP contribution in [0.4, 0.5) is 0 Å². The Morgan fingerprint density at radius 3 is 2.85 bits per heavy atom. The highest BCUT2D eigenvalue weighted by Gasteiger charge is 2.27. The van der Waals surface area contributed by atoms with Crippen molar-refractivity contribution in [2.45, 2.75) is 39.3 Å². The molecule has 4 heterocycles. The van der Waals surface area contributed by atoms with Crippen molar-refractivity contribution in [3.63, 3.8) is 0 Å².